The molecule has 0 bridgehead atoms. The van der Waals surface area contributed by atoms with Gasteiger partial charge in [-0.25, -0.2) is 0 Å². The van der Waals surface area contributed by atoms with Gasteiger partial charge in [-0.15, -0.1) is 0 Å². The summed E-state index contributed by atoms with van der Waals surface area (Å²) in [5.41, 5.74) is 5.46. The van der Waals surface area contributed by atoms with Crippen LogP contribution in [0.3, 0.4) is 0 Å². The monoisotopic (exact) mass is 193 g/mol. The minimum atomic E-state index is -0.688. The number of hydrogen-bond acceptors (Lipinski definition) is 3. The molecule has 74 valence electrons. The zero-order valence-electron chi connectivity index (χ0n) is 7.91. The fourth-order valence-corrected chi connectivity index (χ4v) is 1.73. The van der Waals surface area contributed by atoms with E-state index in [0.29, 0.717) is 18.9 Å². The molecule has 0 aromatic heterocycles. The highest BCUT2D eigenvalue weighted by Gasteiger charge is 2.07. The first-order valence-corrected chi connectivity index (χ1v) is 5.90. The highest BCUT2D eigenvalue weighted by atomic mass is 32.2. The summed E-state index contributed by atoms with van der Waals surface area (Å²) in [5.74, 6) is 1.43. The van der Waals surface area contributed by atoms with Gasteiger partial charge in [0, 0.05) is 35.5 Å². The predicted molar refractivity (Wildman–Crippen MR) is 52.6 cm³/mol. The molecule has 0 aromatic carbocycles. The van der Waals surface area contributed by atoms with Gasteiger partial charge in [-0.05, 0) is 13.3 Å². The van der Waals surface area contributed by atoms with Gasteiger partial charge >= 0.3 is 0 Å². The normalized spacial score (nSPS) is 15.9. The summed E-state index contributed by atoms with van der Waals surface area (Å²) < 4.78 is 16.4. The summed E-state index contributed by atoms with van der Waals surface area (Å²) in [6.07, 6.45) is 0.899. The van der Waals surface area contributed by atoms with E-state index in [9.17, 15) is 4.21 Å². The van der Waals surface area contributed by atoms with Crippen molar-refractivity contribution in [2.24, 2.45) is 5.73 Å². The van der Waals surface area contributed by atoms with Crippen LogP contribution in [0.5, 0.6) is 0 Å². The lowest BCUT2D eigenvalue weighted by atomic mass is 10.3. The van der Waals surface area contributed by atoms with Gasteiger partial charge in [0.1, 0.15) is 0 Å². The molecule has 0 aliphatic carbocycles. The van der Waals surface area contributed by atoms with Crippen molar-refractivity contribution in [1.29, 1.82) is 0 Å². The van der Waals surface area contributed by atoms with Gasteiger partial charge in [0.15, 0.2) is 0 Å². The molecule has 0 saturated carbocycles. The maximum atomic E-state index is 11.1. The Morgan fingerprint density at radius 1 is 1.50 bits per heavy atom. The van der Waals surface area contributed by atoms with Gasteiger partial charge in [-0.2, -0.15) is 0 Å². The molecular weight excluding hydrogens is 174 g/mol. The van der Waals surface area contributed by atoms with Crippen molar-refractivity contribution >= 4 is 10.8 Å². The number of hydrogen-bond donors (Lipinski definition) is 1. The van der Waals surface area contributed by atoms with E-state index in [4.69, 9.17) is 10.5 Å². The Morgan fingerprint density at radius 3 is 2.58 bits per heavy atom. The predicted octanol–water partition coefficient (Wildman–Crippen LogP) is 0.509. The van der Waals surface area contributed by atoms with E-state index < -0.39 is 10.8 Å². The van der Waals surface area contributed by atoms with Crippen molar-refractivity contribution in [3.8, 4) is 0 Å². The Balaban J connectivity index is 3.50. The maximum absolute atomic E-state index is 11.1. The summed E-state index contributed by atoms with van der Waals surface area (Å²) in [4.78, 5) is 0. The fraction of sp³-hybridized carbons (Fsp3) is 1.00. The van der Waals surface area contributed by atoms with Crippen molar-refractivity contribution < 1.29 is 8.95 Å². The molecule has 0 saturated heterocycles. The molecule has 2 atom stereocenters. The van der Waals surface area contributed by atoms with Crippen LogP contribution in [0.25, 0.3) is 0 Å². The molecule has 3 nitrogen and oxygen atoms in total. The summed E-state index contributed by atoms with van der Waals surface area (Å²) >= 11 is 0. The summed E-state index contributed by atoms with van der Waals surface area (Å²) in [6.45, 7) is 5.07. The molecule has 0 spiro atoms. The first-order valence-electron chi connectivity index (χ1n) is 4.41. The second kappa shape index (κ2) is 7.71. The Morgan fingerprint density at radius 2 is 2.17 bits per heavy atom. The van der Waals surface area contributed by atoms with Gasteiger partial charge < -0.3 is 10.5 Å². The van der Waals surface area contributed by atoms with Crippen LogP contribution in [0.1, 0.15) is 20.3 Å². The molecule has 4 heteroatoms. The first-order chi connectivity index (χ1) is 5.74. The SMILES string of the molecule is CCOC(CN)CCS(=O)CC. The summed E-state index contributed by atoms with van der Waals surface area (Å²) in [6, 6.07) is 0. The highest BCUT2D eigenvalue weighted by molar-refractivity contribution is 7.84. The van der Waals surface area contributed by atoms with Crippen LogP contribution >= 0.6 is 0 Å². The van der Waals surface area contributed by atoms with E-state index in [1.54, 1.807) is 0 Å². The van der Waals surface area contributed by atoms with E-state index in [2.05, 4.69) is 0 Å². The van der Waals surface area contributed by atoms with Crippen molar-refractivity contribution in [2.45, 2.75) is 26.4 Å². The average molecular weight is 193 g/mol. The Hall–Kier alpha value is 0.0700. The van der Waals surface area contributed by atoms with Crippen LogP contribution in [0.2, 0.25) is 0 Å². The van der Waals surface area contributed by atoms with Crippen LogP contribution in [-0.4, -0.2) is 35.0 Å². The molecule has 0 aromatic rings. The Labute approximate surface area is 77.1 Å². The summed E-state index contributed by atoms with van der Waals surface area (Å²) in [7, 11) is -0.688. The van der Waals surface area contributed by atoms with Crippen molar-refractivity contribution in [2.75, 3.05) is 24.7 Å². The van der Waals surface area contributed by atoms with Crippen molar-refractivity contribution in [3.63, 3.8) is 0 Å². The molecule has 0 aliphatic heterocycles. The zero-order valence-corrected chi connectivity index (χ0v) is 8.73. The number of ether oxygens (including phenoxy) is 1. The van der Waals surface area contributed by atoms with E-state index in [1.165, 1.54) is 0 Å². The smallest absolute Gasteiger partial charge is 0.0705 e. The second-order valence-electron chi connectivity index (χ2n) is 2.53. The van der Waals surface area contributed by atoms with Gasteiger partial charge in [0.25, 0.3) is 0 Å². The van der Waals surface area contributed by atoms with Crippen molar-refractivity contribution in [3.05, 3.63) is 0 Å². The van der Waals surface area contributed by atoms with Gasteiger partial charge in [-0.1, -0.05) is 6.92 Å². The van der Waals surface area contributed by atoms with Crippen LogP contribution in [-0.2, 0) is 15.5 Å². The maximum Gasteiger partial charge on any atom is 0.0705 e. The lowest BCUT2D eigenvalue weighted by molar-refractivity contribution is 0.0672. The minimum Gasteiger partial charge on any atom is -0.377 e. The van der Waals surface area contributed by atoms with E-state index in [-0.39, 0.29) is 6.10 Å². The molecule has 12 heavy (non-hydrogen) atoms. The van der Waals surface area contributed by atoms with E-state index in [1.807, 2.05) is 13.8 Å². The third kappa shape index (κ3) is 5.69. The third-order valence-corrected chi connectivity index (χ3v) is 2.99. The molecule has 0 amide bonds. The number of nitrogens with two attached hydrogens (primary N) is 1. The standard InChI is InChI=1S/C8H19NO2S/c1-3-11-8(7-9)5-6-12(10)4-2/h8H,3-7,9H2,1-2H3. The first kappa shape index (κ1) is 12.1. The second-order valence-corrected chi connectivity index (χ2v) is 4.40. The molecule has 2 N–H and O–H groups in total. The van der Waals surface area contributed by atoms with E-state index >= 15 is 0 Å². The lowest BCUT2D eigenvalue weighted by Gasteiger charge is -2.13. The highest BCUT2D eigenvalue weighted by Crippen LogP contribution is 1.98. The van der Waals surface area contributed by atoms with Gasteiger partial charge in [0.05, 0.1) is 6.10 Å². The van der Waals surface area contributed by atoms with Gasteiger partial charge in [0.2, 0.25) is 0 Å². The topological polar surface area (TPSA) is 52.3 Å². The third-order valence-electron chi connectivity index (χ3n) is 1.65. The molecular formula is C8H19NO2S. The fourth-order valence-electron chi connectivity index (χ4n) is 0.912. The molecule has 0 rings (SSSR count). The van der Waals surface area contributed by atoms with Crippen LogP contribution in [0, 0.1) is 0 Å². The van der Waals surface area contributed by atoms with Gasteiger partial charge in [-0.3, -0.25) is 4.21 Å². The van der Waals surface area contributed by atoms with Crippen LogP contribution < -0.4 is 5.73 Å². The molecule has 2 unspecified atom stereocenters. The summed E-state index contributed by atoms with van der Waals surface area (Å²) in [5, 5.41) is 0. The largest absolute Gasteiger partial charge is 0.377 e. The molecule has 0 aliphatic rings. The quantitative estimate of drug-likeness (QED) is 0.641. The van der Waals surface area contributed by atoms with Crippen LogP contribution in [0.4, 0.5) is 0 Å². The average Bonchev–Trinajstić information content (AvgIpc) is 2.11. The molecule has 0 radical (unpaired) electrons. The lowest BCUT2D eigenvalue weighted by Crippen LogP contribution is -2.25. The minimum absolute atomic E-state index is 0.0884. The van der Waals surface area contributed by atoms with Crippen LogP contribution in [0.15, 0.2) is 0 Å². The molecule has 0 heterocycles. The van der Waals surface area contributed by atoms with E-state index in [0.717, 1.165) is 12.2 Å². The zero-order chi connectivity index (χ0) is 9.40. The number of rotatable bonds is 7. The Bertz CT molecular complexity index is 130. The van der Waals surface area contributed by atoms with Crippen molar-refractivity contribution in [1.82, 2.24) is 0 Å². The Kier molecular flexibility index (Phi) is 7.75. The molecule has 0 fully saturated rings.